The average molecular weight is 607 g/mol. The van der Waals surface area contributed by atoms with Crippen molar-refractivity contribution in [3.05, 3.63) is 64.2 Å². The number of benzene rings is 3. The van der Waals surface area contributed by atoms with E-state index in [2.05, 4.69) is 29.0 Å². The van der Waals surface area contributed by atoms with E-state index in [4.69, 9.17) is 23.7 Å². The fraction of sp³-hybridized carbons (Fsp3) is 0.417. The molecule has 2 fully saturated rings. The van der Waals surface area contributed by atoms with Crippen LogP contribution in [0.15, 0.2) is 36.4 Å². The molecule has 3 aromatic rings. The molecule has 5 unspecified atom stereocenters. The van der Waals surface area contributed by atoms with E-state index in [-0.39, 0.29) is 40.5 Å². The number of fused-ring (bicyclic) bond motifs is 4. The summed E-state index contributed by atoms with van der Waals surface area (Å²) < 4.78 is 30.9. The van der Waals surface area contributed by atoms with Gasteiger partial charge in [-0.25, -0.2) is 0 Å². The molecule has 0 amide bonds. The Morgan fingerprint density at radius 1 is 0.911 bits per heavy atom. The maximum Gasteiger partial charge on any atom is 0.202 e. The van der Waals surface area contributed by atoms with Gasteiger partial charge >= 0.3 is 0 Å². The minimum Gasteiger partial charge on any atom is -0.502 e. The van der Waals surface area contributed by atoms with E-state index in [0.29, 0.717) is 41.6 Å². The number of piperidine rings is 1. The number of phenols is 1. The van der Waals surface area contributed by atoms with E-state index in [1.807, 2.05) is 18.2 Å². The summed E-state index contributed by atoms with van der Waals surface area (Å²) in [7, 11) is 7.04. The zero-order valence-electron chi connectivity index (χ0n) is 25.7. The van der Waals surface area contributed by atoms with Crippen LogP contribution in [0, 0.1) is 5.92 Å². The van der Waals surface area contributed by atoms with Crippen molar-refractivity contribution >= 4 is 17.1 Å². The third kappa shape index (κ3) is 2.68. The van der Waals surface area contributed by atoms with Crippen LogP contribution in [0.5, 0.6) is 40.2 Å². The molecule has 9 nitrogen and oxygen atoms in total. The minimum absolute atomic E-state index is 0.0332. The molecule has 2 bridgehead atoms. The second-order valence-electron chi connectivity index (χ2n) is 13.6. The van der Waals surface area contributed by atoms with Crippen LogP contribution in [0.4, 0.5) is 0 Å². The lowest BCUT2D eigenvalue weighted by atomic mass is 9.58. The summed E-state index contributed by atoms with van der Waals surface area (Å²) in [5.74, 6) is 3.20. The first-order valence-electron chi connectivity index (χ1n) is 15.8. The lowest BCUT2D eigenvalue weighted by Crippen LogP contribution is -2.62. The number of phenolic OH excluding ortho intramolecular Hbond substituents is 1. The largest absolute Gasteiger partial charge is 0.502 e. The maximum absolute atomic E-state index is 15.7. The Morgan fingerprint density at radius 2 is 1.64 bits per heavy atom. The normalized spacial score (nSPS) is 30.8. The van der Waals surface area contributed by atoms with Gasteiger partial charge in [0.15, 0.2) is 40.3 Å². The Bertz CT molecular complexity index is 1930. The van der Waals surface area contributed by atoms with Gasteiger partial charge in [-0.05, 0) is 80.6 Å². The lowest BCUT2D eigenvalue weighted by molar-refractivity contribution is -0.126. The summed E-state index contributed by atoms with van der Waals surface area (Å²) >= 11 is 0. The van der Waals surface area contributed by atoms with Gasteiger partial charge in [-0.2, -0.15) is 0 Å². The van der Waals surface area contributed by atoms with Crippen molar-refractivity contribution in [1.29, 1.82) is 0 Å². The lowest BCUT2D eigenvalue weighted by Gasteiger charge is -2.52. The molecule has 0 aromatic heterocycles. The first-order valence-corrected chi connectivity index (χ1v) is 15.8. The molecule has 9 heteroatoms. The SMILES string of the molecule is COc1ccc2c(c1O)Oc1c(OC)ccc3c1C1=C2C(=O)C2(CC4C5Cc6ccc(OC)c7c6C4(CCN5C)C2O7)N1CC3. The highest BCUT2D eigenvalue weighted by molar-refractivity contribution is 6.36. The number of ether oxygens (including phenoxy) is 5. The van der Waals surface area contributed by atoms with Crippen molar-refractivity contribution < 1.29 is 33.6 Å². The van der Waals surface area contributed by atoms with Crippen LogP contribution < -0.4 is 23.7 Å². The van der Waals surface area contributed by atoms with Gasteiger partial charge in [0, 0.05) is 34.7 Å². The van der Waals surface area contributed by atoms with Crippen molar-refractivity contribution in [2.45, 2.75) is 48.8 Å². The molecule has 2 spiro atoms. The van der Waals surface area contributed by atoms with Crippen LogP contribution in [0.2, 0.25) is 0 Å². The van der Waals surface area contributed by atoms with Gasteiger partial charge in [-0.15, -0.1) is 0 Å². The van der Waals surface area contributed by atoms with Gasteiger partial charge in [0.1, 0.15) is 11.6 Å². The summed E-state index contributed by atoms with van der Waals surface area (Å²) in [6.45, 7) is 1.62. The van der Waals surface area contributed by atoms with E-state index in [1.54, 1.807) is 20.3 Å². The number of ketones is 1. The van der Waals surface area contributed by atoms with Crippen molar-refractivity contribution in [2.75, 3.05) is 41.5 Å². The third-order valence-electron chi connectivity index (χ3n) is 12.2. The summed E-state index contributed by atoms with van der Waals surface area (Å²) in [6.07, 6.45) is 2.90. The minimum atomic E-state index is -0.938. The Balaban J connectivity index is 1.26. The summed E-state index contributed by atoms with van der Waals surface area (Å²) in [4.78, 5) is 20.5. The van der Waals surface area contributed by atoms with Gasteiger partial charge < -0.3 is 38.6 Å². The molecule has 7 aliphatic rings. The second-order valence-corrected chi connectivity index (χ2v) is 13.6. The van der Waals surface area contributed by atoms with Crippen molar-refractivity contribution in [3.63, 3.8) is 0 Å². The van der Waals surface area contributed by atoms with Crippen LogP contribution in [0.3, 0.4) is 0 Å². The fourth-order valence-corrected chi connectivity index (χ4v) is 10.5. The zero-order valence-corrected chi connectivity index (χ0v) is 25.7. The number of carbonyl (C=O) groups is 1. The predicted molar refractivity (Wildman–Crippen MR) is 165 cm³/mol. The molecule has 2 aliphatic carbocycles. The molecule has 1 saturated carbocycles. The summed E-state index contributed by atoms with van der Waals surface area (Å²) in [5.41, 5.74) is 5.26. The fourth-order valence-electron chi connectivity index (χ4n) is 10.5. The van der Waals surface area contributed by atoms with Gasteiger partial charge in [0.25, 0.3) is 0 Å². The molecule has 5 atom stereocenters. The Kier molecular flexibility index (Phi) is 4.75. The third-order valence-corrected chi connectivity index (χ3v) is 12.2. The molecule has 5 aliphatic heterocycles. The smallest absolute Gasteiger partial charge is 0.202 e. The Hall–Kier alpha value is -4.37. The highest BCUT2D eigenvalue weighted by Crippen LogP contribution is 2.72. The van der Waals surface area contributed by atoms with E-state index in [9.17, 15) is 5.11 Å². The van der Waals surface area contributed by atoms with E-state index < -0.39 is 5.54 Å². The maximum atomic E-state index is 15.7. The number of hydrogen-bond acceptors (Lipinski definition) is 9. The monoisotopic (exact) mass is 606 g/mol. The Labute approximate surface area is 260 Å². The standard InChI is InChI=1S/C36H34N2O7/c1-37-14-12-35-20-16-36(34(35)45-32-24(43-4)9-6-18(27(32)35)15-21(20)37)33(40)26-19-7-10-22(41-2)29(39)30(19)44-31-23(42-3)8-5-17-11-13-38(36)28(26)25(17)31/h5-10,20-21,34,39H,11-16H2,1-4H3. The van der Waals surface area contributed by atoms with Crippen molar-refractivity contribution in [1.82, 2.24) is 9.80 Å². The highest BCUT2D eigenvalue weighted by atomic mass is 16.5. The Morgan fingerprint density at radius 3 is 2.42 bits per heavy atom. The molecule has 1 saturated heterocycles. The highest BCUT2D eigenvalue weighted by Gasteiger charge is 2.78. The van der Waals surface area contributed by atoms with Gasteiger partial charge in [-0.3, -0.25) is 4.79 Å². The number of hydrogen-bond donors (Lipinski definition) is 1. The van der Waals surface area contributed by atoms with E-state index in [0.717, 1.165) is 54.1 Å². The molecular formula is C36H34N2O7. The predicted octanol–water partition coefficient (Wildman–Crippen LogP) is 4.55. The number of rotatable bonds is 3. The van der Waals surface area contributed by atoms with Crippen molar-refractivity contribution in [3.8, 4) is 40.2 Å². The molecule has 5 heterocycles. The van der Waals surface area contributed by atoms with Crippen LogP contribution in [0.25, 0.3) is 11.3 Å². The molecular weight excluding hydrogens is 572 g/mol. The summed E-state index contributed by atoms with van der Waals surface area (Å²) in [5, 5.41) is 11.4. The number of methoxy groups -OCH3 is 3. The second kappa shape index (κ2) is 8.26. The van der Waals surface area contributed by atoms with Crippen LogP contribution in [0.1, 0.15) is 40.7 Å². The van der Waals surface area contributed by atoms with Crippen LogP contribution >= 0.6 is 0 Å². The van der Waals surface area contributed by atoms with Gasteiger partial charge in [-0.1, -0.05) is 12.1 Å². The molecule has 3 aromatic carbocycles. The quantitative estimate of drug-likeness (QED) is 0.461. The van der Waals surface area contributed by atoms with Crippen molar-refractivity contribution in [2.24, 2.45) is 5.92 Å². The number of nitrogens with zero attached hydrogens (tertiary/aromatic N) is 2. The number of likely N-dealkylation sites (N-methyl/N-ethyl adjacent to an activating group) is 1. The number of aromatic hydroxyl groups is 1. The number of likely N-dealkylation sites (tertiary alicyclic amines) is 1. The van der Waals surface area contributed by atoms with Crippen LogP contribution in [-0.2, 0) is 23.1 Å². The van der Waals surface area contributed by atoms with Crippen LogP contribution in [-0.4, -0.2) is 79.8 Å². The molecule has 10 rings (SSSR count). The summed E-state index contributed by atoms with van der Waals surface area (Å²) in [6, 6.07) is 12.1. The first-order chi connectivity index (χ1) is 21.9. The first kappa shape index (κ1) is 25.9. The molecule has 45 heavy (non-hydrogen) atoms. The van der Waals surface area contributed by atoms with E-state index >= 15 is 4.79 Å². The molecule has 230 valence electrons. The number of carbonyl (C=O) groups excluding carboxylic acids is 1. The van der Waals surface area contributed by atoms with E-state index in [1.165, 1.54) is 18.2 Å². The number of Topliss-reactive ketones (excluding diaryl/α,β-unsaturated/α-hetero) is 1. The topological polar surface area (TPSA) is 89.9 Å². The average Bonchev–Trinajstić information content (AvgIpc) is 3.59. The molecule has 1 N–H and O–H groups in total. The van der Waals surface area contributed by atoms with Gasteiger partial charge in [0.05, 0.1) is 32.6 Å². The molecule has 0 radical (unpaired) electrons. The van der Waals surface area contributed by atoms with Gasteiger partial charge in [0.2, 0.25) is 5.75 Å². The zero-order chi connectivity index (χ0) is 30.6.